The minimum absolute atomic E-state index is 0.0526. The Morgan fingerprint density at radius 1 is 1.73 bits per heavy atom. The van der Waals surface area contributed by atoms with Gasteiger partial charge in [-0.1, -0.05) is 0 Å². The van der Waals surface area contributed by atoms with Gasteiger partial charge in [0.2, 0.25) is 5.91 Å². The number of hydrogen-bond donors (Lipinski definition) is 1. The molecule has 11 heavy (non-hydrogen) atoms. The van der Waals surface area contributed by atoms with Gasteiger partial charge in [0.05, 0.1) is 0 Å². The van der Waals surface area contributed by atoms with Gasteiger partial charge >= 0.3 is 0 Å². The van der Waals surface area contributed by atoms with Gasteiger partial charge in [-0.25, -0.2) is 0 Å². The molecule has 0 aliphatic carbocycles. The Labute approximate surface area is 77.1 Å². The molecule has 0 aromatic carbocycles. The van der Waals surface area contributed by atoms with E-state index in [9.17, 15) is 4.79 Å². The zero-order valence-corrected chi connectivity index (χ0v) is 8.47. The fourth-order valence-corrected chi connectivity index (χ4v) is 1.42. The molecule has 0 rings (SSSR count). The van der Waals surface area contributed by atoms with Crippen molar-refractivity contribution < 1.29 is 4.79 Å². The van der Waals surface area contributed by atoms with E-state index in [1.807, 2.05) is 13.2 Å². The van der Waals surface area contributed by atoms with Crippen molar-refractivity contribution in [2.75, 3.05) is 18.6 Å². The van der Waals surface area contributed by atoms with Gasteiger partial charge in [0.1, 0.15) is 5.38 Å². The molecule has 0 fully saturated rings. The average molecular weight is 196 g/mol. The second-order valence-corrected chi connectivity index (χ2v) is 3.66. The van der Waals surface area contributed by atoms with Crippen LogP contribution in [0.25, 0.3) is 0 Å². The largest absolute Gasteiger partial charge is 0.355 e. The summed E-state index contributed by atoms with van der Waals surface area (Å²) in [5.41, 5.74) is 0. The summed E-state index contributed by atoms with van der Waals surface area (Å²) in [5.74, 6) is 0.883. The Balaban J connectivity index is 3.46. The number of thioether (sulfide) groups is 1. The topological polar surface area (TPSA) is 29.1 Å². The molecular weight excluding hydrogens is 182 g/mol. The van der Waals surface area contributed by atoms with Crippen LogP contribution in [0.4, 0.5) is 0 Å². The van der Waals surface area contributed by atoms with Crippen LogP contribution in [0.5, 0.6) is 0 Å². The molecule has 0 radical (unpaired) electrons. The summed E-state index contributed by atoms with van der Waals surface area (Å²) in [5, 5.41) is 2.32. The van der Waals surface area contributed by atoms with Crippen molar-refractivity contribution in [2.45, 2.75) is 18.7 Å². The molecule has 0 aliphatic rings. The van der Waals surface area contributed by atoms with E-state index < -0.39 is 0 Å². The van der Waals surface area contributed by atoms with Crippen LogP contribution in [0.1, 0.15) is 13.3 Å². The number of carbonyl (C=O) groups is 1. The molecule has 0 aromatic heterocycles. The zero-order valence-electron chi connectivity index (χ0n) is 6.89. The summed E-state index contributed by atoms with van der Waals surface area (Å²) < 4.78 is 0. The Hall–Kier alpha value is 0.110. The Kier molecular flexibility index (Phi) is 6.87. The predicted molar refractivity (Wildman–Crippen MR) is 51.3 cm³/mol. The normalized spacial score (nSPS) is 12.6. The third-order valence-electron chi connectivity index (χ3n) is 1.21. The van der Waals surface area contributed by atoms with Crippen LogP contribution >= 0.6 is 23.4 Å². The van der Waals surface area contributed by atoms with E-state index in [0.717, 1.165) is 12.2 Å². The van der Waals surface area contributed by atoms with E-state index >= 15 is 0 Å². The van der Waals surface area contributed by atoms with E-state index in [2.05, 4.69) is 5.32 Å². The first-order valence-electron chi connectivity index (χ1n) is 3.63. The molecule has 4 heteroatoms. The van der Waals surface area contributed by atoms with Gasteiger partial charge in [-0.2, -0.15) is 11.8 Å². The Morgan fingerprint density at radius 2 is 2.36 bits per heavy atom. The van der Waals surface area contributed by atoms with Gasteiger partial charge < -0.3 is 5.32 Å². The summed E-state index contributed by atoms with van der Waals surface area (Å²) in [6.45, 7) is 2.54. The van der Waals surface area contributed by atoms with E-state index in [0.29, 0.717) is 6.54 Å². The SMILES string of the molecule is CCNC(=O)C(Cl)CCSC. The number of rotatable bonds is 5. The van der Waals surface area contributed by atoms with Gasteiger partial charge in [-0.15, -0.1) is 11.6 Å². The lowest BCUT2D eigenvalue weighted by Gasteiger charge is -2.07. The summed E-state index contributed by atoms with van der Waals surface area (Å²) in [7, 11) is 0. The van der Waals surface area contributed by atoms with Crippen molar-refractivity contribution in [3.05, 3.63) is 0 Å². The van der Waals surface area contributed by atoms with E-state index in [1.165, 1.54) is 0 Å². The monoisotopic (exact) mass is 195 g/mol. The van der Waals surface area contributed by atoms with Gasteiger partial charge in [-0.05, 0) is 25.4 Å². The highest BCUT2D eigenvalue weighted by Crippen LogP contribution is 2.06. The molecular formula is C7H14ClNOS. The molecule has 2 nitrogen and oxygen atoms in total. The Bertz CT molecular complexity index is 121. The standard InChI is InChI=1S/C7H14ClNOS/c1-3-9-7(10)6(8)4-5-11-2/h6H,3-5H2,1-2H3,(H,9,10). The third-order valence-corrected chi connectivity index (χ3v) is 2.27. The van der Waals surface area contributed by atoms with Gasteiger partial charge in [0, 0.05) is 6.54 Å². The van der Waals surface area contributed by atoms with Crippen molar-refractivity contribution in [1.82, 2.24) is 5.32 Å². The second kappa shape index (κ2) is 6.80. The molecule has 0 bridgehead atoms. The number of hydrogen-bond acceptors (Lipinski definition) is 2. The maximum Gasteiger partial charge on any atom is 0.238 e. The summed E-state index contributed by atoms with van der Waals surface area (Å²) in [4.78, 5) is 11.0. The first kappa shape index (κ1) is 11.1. The molecule has 1 unspecified atom stereocenters. The fourth-order valence-electron chi connectivity index (χ4n) is 0.637. The van der Waals surface area contributed by atoms with Crippen molar-refractivity contribution in [2.24, 2.45) is 0 Å². The molecule has 0 aromatic rings. The maximum absolute atomic E-state index is 11.0. The van der Waals surface area contributed by atoms with Crippen molar-refractivity contribution >= 4 is 29.3 Å². The molecule has 0 heterocycles. The third kappa shape index (κ3) is 5.39. The highest BCUT2D eigenvalue weighted by molar-refractivity contribution is 7.98. The van der Waals surface area contributed by atoms with Crippen LogP contribution in [0.3, 0.4) is 0 Å². The van der Waals surface area contributed by atoms with E-state index in [1.54, 1.807) is 11.8 Å². The molecule has 0 aliphatic heterocycles. The van der Waals surface area contributed by atoms with E-state index in [4.69, 9.17) is 11.6 Å². The minimum atomic E-state index is -0.359. The fraction of sp³-hybridized carbons (Fsp3) is 0.857. The number of nitrogens with one attached hydrogen (secondary N) is 1. The molecule has 1 N–H and O–H groups in total. The van der Waals surface area contributed by atoms with Gasteiger partial charge in [-0.3, -0.25) is 4.79 Å². The van der Waals surface area contributed by atoms with Crippen LogP contribution in [0.15, 0.2) is 0 Å². The maximum atomic E-state index is 11.0. The molecule has 1 atom stereocenters. The van der Waals surface area contributed by atoms with Crippen LogP contribution in [-0.4, -0.2) is 29.8 Å². The van der Waals surface area contributed by atoms with Crippen molar-refractivity contribution in [1.29, 1.82) is 0 Å². The highest BCUT2D eigenvalue weighted by atomic mass is 35.5. The van der Waals surface area contributed by atoms with E-state index in [-0.39, 0.29) is 11.3 Å². The summed E-state index contributed by atoms with van der Waals surface area (Å²) >= 11 is 7.46. The van der Waals surface area contributed by atoms with Crippen LogP contribution < -0.4 is 5.32 Å². The molecule has 1 amide bonds. The molecule has 0 spiro atoms. The van der Waals surface area contributed by atoms with Gasteiger partial charge in [0.15, 0.2) is 0 Å². The minimum Gasteiger partial charge on any atom is -0.355 e. The number of amides is 1. The van der Waals surface area contributed by atoms with Crippen LogP contribution in [-0.2, 0) is 4.79 Å². The summed E-state index contributed by atoms with van der Waals surface area (Å²) in [6.07, 6.45) is 2.75. The average Bonchev–Trinajstić information content (AvgIpc) is 2.00. The number of carbonyl (C=O) groups excluding carboxylic acids is 1. The Morgan fingerprint density at radius 3 is 2.82 bits per heavy atom. The van der Waals surface area contributed by atoms with Crippen LogP contribution in [0.2, 0.25) is 0 Å². The quantitative estimate of drug-likeness (QED) is 0.674. The van der Waals surface area contributed by atoms with Crippen molar-refractivity contribution in [3.8, 4) is 0 Å². The zero-order chi connectivity index (χ0) is 8.69. The smallest absolute Gasteiger partial charge is 0.238 e. The van der Waals surface area contributed by atoms with Crippen molar-refractivity contribution in [3.63, 3.8) is 0 Å². The lowest BCUT2D eigenvalue weighted by atomic mass is 10.3. The lowest BCUT2D eigenvalue weighted by Crippen LogP contribution is -2.31. The molecule has 0 saturated heterocycles. The van der Waals surface area contributed by atoms with Gasteiger partial charge in [0.25, 0.3) is 0 Å². The van der Waals surface area contributed by atoms with Crippen LogP contribution in [0, 0.1) is 0 Å². The second-order valence-electron chi connectivity index (χ2n) is 2.14. The lowest BCUT2D eigenvalue weighted by molar-refractivity contribution is -0.120. The molecule has 0 saturated carbocycles. The summed E-state index contributed by atoms with van der Waals surface area (Å²) in [6, 6.07) is 0. The number of alkyl halides is 1. The first-order valence-corrected chi connectivity index (χ1v) is 5.46. The highest BCUT2D eigenvalue weighted by Gasteiger charge is 2.12. The number of halogens is 1. The molecule has 66 valence electrons. The predicted octanol–water partition coefficient (Wildman–Crippen LogP) is 1.48. The first-order chi connectivity index (χ1) is 5.22.